The number of aliphatic hydroxyl groups is 8. The Balaban J connectivity index is 1.60. The molecule has 16 nitrogen and oxygen atoms in total. The van der Waals surface area contributed by atoms with Crippen LogP contribution in [0.1, 0.15) is 11.7 Å². The highest BCUT2D eigenvalue weighted by Gasteiger charge is 2.47. The molecule has 10 atom stereocenters. The van der Waals surface area contributed by atoms with Crippen LogP contribution < -0.4 is 10.2 Å². The van der Waals surface area contributed by atoms with Crippen molar-refractivity contribution in [1.29, 1.82) is 0 Å². The zero-order chi connectivity index (χ0) is 29.9. The summed E-state index contributed by atoms with van der Waals surface area (Å²) in [7, 11) is 0. The van der Waals surface area contributed by atoms with Gasteiger partial charge in [0.25, 0.3) is 0 Å². The lowest BCUT2D eigenvalue weighted by Gasteiger charge is -2.40. The van der Waals surface area contributed by atoms with Crippen molar-refractivity contribution in [2.75, 3.05) is 13.2 Å². The van der Waals surface area contributed by atoms with Crippen LogP contribution in [0.15, 0.2) is 27.4 Å². The van der Waals surface area contributed by atoms with E-state index in [9.17, 15) is 61.0 Å². The largest absolute Gasteiger partial charge is 0.507 e. The van der Waals surface area contributed by atoms with Crippen molar-refractivity contribution in [2.24, 2.45) is 0 Å². The van der Waals surface area contributed by atoms with Gasteiger partial charge in [0, 0.05) is 12.1 Å². The molecule has 3 aromatic rings. The molecule has 2 aromatic carbocycles. The van der Waals surface area contributed by atoms with E-state index in [1.807, 2.05) is 0 Å². The number of aromatic hydroxyl groups is 3. The van der Waals surface area contributed by atoms with Gasteiger partial charge < -0.3 is 74.8 Å². The summed E-state index contributed by atoms with van der Waals surface area (Å²) >= 11 is 0. The fourth-order valence-corrected chi connectivity index (χ4v) is 5.02. The van der Waals surface area contributed by atoms with Crippen molar-refractivity contribution in [3.05, 3.63) is 34.0 Å². The lowest BCUT2D eigenvalue weighted by molar-refractivity contribution is -0.277. The van der Waals surface area contributed by atoms with Crippen LogP contribution in [0, 0.1) is 0 Å². The number of rotatable bonds is 5. The van der Waals surface area contributed by atoms with Crippen LogP contribution in [-0.4, -0.2) is 125 Å². The first-order valence-electron chi connectivity index (χ1n) is 12.4. The summed E-state index contributed by atoms with van der Waals surface area (Å²) in [5.74, 6) is -2.72. The lowest BCUT2D eigenvalue weighted by atomic mass is 9.89. The van der Waals surface area contributed by atoms with Crippen molar-refractivity contribution in [1.82, 2.24) is 0 Å². The quantitative estimate of drug-likeness (QED) is 0.131. The second-order valence-electron chi connectivity index (χ2n) is 9.84. The molecule has 3 heterocycles. The second kappa shape index (κ2) is 10.8. The Morgan fingerprint density at radius 3 is 1.93 bits per heavy atom. The minimum atomic E-state index is -1.90. The molecule has 11 N–H and O–H groups in total. The predicted octanol–water partition coefficient (Wildman–Crippen LogP) is -3.24. The summed E-state index contributed by atoms with van der Waals surface area (Å²) in [5.41, 5.74) is -2.06. The molecule has 2 aliphatic heterocycles. The van der Waals surface area contributed by atoms with Crippen LogP contribution in [0.2, 0.25) is 0 Å². The van der Waals surface area contributed by atoms with E-state index in [-0.39, 0.29) is 16.6 Å². The van der Waals surface area contributed by atoms with Crippen LogP contribution >= 0.6 is 0 Å². The fraction of sp³-hybridized carbons (Fsp3) is 0.480. The van der Waals surface area contributed by atoms with Crippen LogP contribution in [-0.2, 0) is 9.47 Å². The highest BCUT2D eigenvalue weighted by Crippen LogP contribution is 2.45. The maximum atomic E-state index is 13.5. The van der Waals surface area contributed by atoms with E-state index >= 15 is 0 Å². The third kappa shape index (κ3) is 4.73. The maximum Gasteiger partial charge on any atom is 0.229 e. The Bertz CT molecular complexity index is 1500. The minimum absolute atomic E-state index is 0.236. The number of hydrogen-bond donors (Lipinski definition) is 11. The van der Waals surface area contributed by atoms with Gasteiger partial charge in [-0.2, -0.15) is 0 Å². The molecule has 2 aliphatic rings. The van der Waals surface area contributed by atoms with Crippen LogP contribution in [0.3, 0.4) is 0 Å². The second-order valence-corrected chi connectivity index (χ2v) is 9.84. The normalized spacial score (nSPS) is 34.2. The Morgan fingerprint density at radius 2 is 1.29 bits per heavy atom. The topological polar surface area (TPSA) is 280 Å². The molecule has 0 spiro atoms. The number of phenolic OH excluding ortho intramolecular Hbond substituents is 3. The number of fused-ring (bicyclic) bond motifs is 2. The SMILES string of the molecule is O=c1c2cc(O[C@H]3O[C@@H](CO)[C@H](O)[C@@H](O)[C@@H]3O)c(O)cc2oc2cc(O)c([C@@H]3O[C@H](CO)[C@@H](O)[C@H](O)[C@H]3O)c(O)c12. The van der Waals surface area contributed by atoms with Crippen molar-refractivity contribution >= 4 is 21.9 Å². The van der Waals surface area contributed by atoms with E-state index in [1.54, 1.807) is 0 Å². The van der Waals surface area contributed by atoms with E-state index in [4.69, 9.17) is 18.6 Å². The zero-order valence-corrected chi connectivity index (χ0v) is 20.9. The number of benzene rings is 2. The van der Waals surface area contributed by atoms with Gasteiger partial charge in [0.2, 0.25) is 11.7 Å². The van der Waals surface area contributed by atoms with Gasteiger partial charge in [0.1, 0.15) is 83.0 Å². The molecule has 224 valence electrons. The summed E-state index contributed by atoms with van der Waals surface area (Å²) in [5, 5.41) is 111. The van der Waals surface area contributed by atoms with E-state index in [0.29, 0.717) is 0 Å². The Labute approximate surface area is 228 Å². The Kier molecular flexibility index (Phi) is 7.72. The molecule has 0 unspecified atom stereocenters. The van der Waals surface area contributed by atoms with Crippen molar-refractivity contribution in [2.45, 2.75) is 61.2 Å². The molecular weight excluding hydrogens is 556 g/mol. The van der Waals surface area contributed by atoms with E-state index < -0.39 is 114 Å². The Morgan fingerprint density at radius 1 is 0.707 bits per heavy atom. The molecular formula is C25H28O16. The third-order valence-corrected chi connectivity index (χ3v) is 7.30. The molecule has 2 saturated heterocycles. The molecule has 1 aromatic heterocycles. The van der Waals surface area contributed by atoms with Crippen LogP contribution in [0.5, 0.6) is 23.0 Å². The van der Waals surface area contributed by atoms with Gasteiger partial charge in [-0.1, -0.05) is 0 Å². The van der Waals surface area contributed by atoms with Crippen LogP contribution in [0.4, 0.5) is 0 Å². The van der Waals surface area contributed by atoms with E-state index in [2.05, 4.69) is 0 Å². The number of aliphatic hydroxyl groups excluding tert-OH is 8. The minimum Gasteiger partial charge on any atom is -0.507 e. The lowest BCUT2D eigenvalue weighted by Crippen LogP contribution is -2.60. The molecule has 41 heavy (non-hydrogen) atoms. The predicted molar refractivity (Wildman–Crippen MR) is 132 cm³/mol. The zero-order valence-electron chi connectivity index (χ0n) is 20.9. The Hall–Kier alpha value is -3.29. The summed E-state index contributed by atoms with van der Waals surface area (Å²) in [4.78, 5) is 13.5. The molecule has 0 amide bonds. The van der Waals surface area contributed by atoms with E-state index in [1.165, 1.54) is 0 Å². The van der Waals surface area contributed by atoms with Gasteiger partial charge >= 0.3 is 0 Å². The number of ether oxygens (including phenoxy) is 3. The first-order chi connectivity index (χ1) is 19.4. The van der Waals surface area contributed by atoms with Crippen molar-refractivity contribution in [3.8, 4) is 23.0 Å². The highest BCUT2D eigenvalue weighted by atomic mass is 16.7. The maximum absolute atomic E-state index is 13.5. The van der Waals surface area contributed by atoms with Gasteiger partial charge in [-0.05, 0) is 6.07 Å². The highest BCUT2D eigenvalue weighted by molar-refractivity contribution is 5.96. The van der Waals surface area contributed by atoms with Gasteiger partial charge in [0.15, 0.2) is 11.5 Å². The number of hydrogen-bond acceptors (Lipinski definition) is 16. The summed E-state index contributed by atoms with van der Waals surface area (Å²) in [6.45, 7) is -1.53. The molecule has 0 aliphatic carbocycles. The molecule has 0 saturated carbocycles. The molecule has 0 bridgehead atoms. The standard InChI is InChI=1S/C25H28O16/c26-4-12-17(31)20(34)22(36)24(39-12)14-8(29)3-11-15(19(14)33)16(30)6-1-10(7(28)2-9(6)38-11)40-25-23(37)21(35)18(32)13(5-27)41-25/h1-3,12-13,17-18,20-29,31-37H,4-5H2/t12-,13+,17-,18+,20+,21-,22-,23+,24+,25+/m1/s1. The fourth-order valence-electron chi connectivity index (χ4n) is 5.02. The monoisotopic (exact) mass is 584 g/mol. The van der Waals surface area contributed by atoms with Crippen molar-refractivity contribution in [3.63, 3.8) is 0 Å². The molecule has 2 fully saturated rings. The average molecular weight is 584 g/mol. The first-order valence-corrected chi connectivity index (χ1v) is 12.4. The number of phenols is 3. The summed E-state index contributed by atoms with van der Waals surface area (Å²) in [6, 6.07) is 2.84. The molecule has 16 heteroatoms. The van der Waals surface area contributed by atoms with Gasteiger partial charge in [-0.25, -0.2) is 0 Å². The van der Waals surface area contributed by atoms with Gasteiger partial charge in [-0.3, -0.25) is 4.79 Å². The molecule has 5 rings (SSSR count). The third-order valence-electron chi connectivity index (χ3n) is 7.30. The molecule has 0 radical (unpaired) electrons. The van der Waals surface area contributed by atoms with Gasteiger partial charge in [0.05, 0.1) is 24.2 Å². The average Bonchev–Trinajstić information content (AvgIpc) is 2.93. The smallest absolute Gasteiger partial charge is 0.229 e. The first kappa shape index (κ1) is 29.2. The summed E-state index contributed by atoms with van der Waals surface area (Å²) < 4.78 is 21.7. The van der Waals surface area contributed by atoms with E-state index in [0.717, 1.165) is 18.2 Å². The van der Waals surface area contributed by atoms with Crippen molar-refractivity contribution < 1.29 is 74.8 Å². The summed E-state index contributed by atoms with van der Waals surface area (Å²) in [6.07, 6.45) is -16.9. The van der Waals surface area contributed by atoms with Gasteiger partial charge in [-0.15, -0.1) is 0 Å². The van der Waals surface area contributed by atoms with Crippen LogP contribution in [0.25, 0.3) is 21.9 Å².